The van der Waals surface area contributed by atoms with Gasteiger partial charge in [0.15, 0.2) is 0 Å². The van der Waals surface area contributed by atoms with E-state index in [1.165, 1.54) is 50.8 Å². The molecule has 0 unspecified atom stereocenters. The Morgan fingerprint density at radius 3 is 2.42 bits per heavy atom. The molecule has 0 bridgehead atoms. The molecule has 136 valence electrons. The standard InChI is InChI=1S/C20H32N2.C2H6/c1-20(2)15-22(14-17-6-4-5-7-19(17)20)13-12-16-8-10-18(21-3)11-9-16;1-2/h4-7,16,18,21H,8-15H2,1-3H3;1-2H3. The molecule has 1 aliphatic carbocycles. The fraction of sp³-hybridized carbons (Fsp3) is 0.727. The summed E-state index contributed by atoms with van der Waals surface area (Å²) in [7, 11) is 2.11. The van der Waals surface area contributed by atoms with Crippen molar-refractivity contribution < 1.29 is 0 Å². The summed E-state index contributed by atoms with van der Waals surface area (Å²) in [5.74, 6) is 0.949. The first kappa shape index (κ1) is 19.5. The highest BCUT2D eigenvalue weighted by molar-refractivity contribution is 5.35. The Bertz CT molecular complexity index is 486. The van der Waals surface area contributed by atoms with E-state index in [0.29, 0.717) is 5.41 Å². The lowest BCUT2D eigenvalue weighted by Gasteiger charge is -2.40. The maximum absolute atomic E-state index is 3.44. The highest BCUT2D eigenvalue weighted by Gasteiger charge is 2.31. The van der Waals surface area contributed by atoms with Crippen molar-refractivity contribution >= 4 is 0 Å². The summed E-state index contributed by atoms with van der Waals surface area (Å²) < 4.78 is 0. The van der Waals surface area contributed by atoms with Crippen molar-refractivity contribution in [2.45, 2.75) is 77.8 Å². The zero-order chi connectivity index (χ0) is 17.6. The van der Waals surface area contributed by atoms with Crippen molar-refractivity contribution in [2.75, 3.05) is 20.1 Å². The number of fused-ring (bicyclic) bond motifs is 1. The molecular formula is C22H38N2. The summed E-state index contributed by atoms with van der Waals surface area (Å²) in [6, 6.07) is 9.80. The van der Waals surface area contributed by atoms with Gasteiger partial charge in [-0.2, -0.15) is 0 Å². The van der Waals surface area contributed by atoms with Gasteiger partial charge in [0.1, 0.15) is 0 Å². The summed E-state index contributed by atoms with van der Waals surface area (Å²) in [6.07, 6.45) is 6.96. The van der Waals surface area contributed by atoms with Crippen LogP contribution >= 0.6 is 0 Å². The van der Waals surface area contributed by atoms with Crippen molar-refractivity contribution in [3.63, 3.8) is 0 Å². The molecule has 0 amide bonds. The van der Waals surface area contributed by atoms with Crippen LogP contribution in [0.15, 0.2) is 24.3 Å². The van der Waals surface area contributed by atoms with Crippen molar-refractivity contribution in [1.82, 2.24) is 10.2 Å². The van der Waals surface area contributed by atoms with E-state index in [9.17, 15) is 0 Å². The second-order valence-electron chi connectivity index (χ2n) is 8.05. The lowest BCUT2D eigenvalue weighted by molar-refractivity contribution is 0.170. The SMILES string of the molecule is CC.CNC1CCC(CCN2Cc3ccccc3C(C)(C)C2)CC1. The number of nitrogens with zero attached hydrogens (tertiary/aromatic N) is 1. The molecule has 0 spiro atoms. The van der Waals surface area contributed by atoms with E-state index in [0.717, 1.165) is 18.5 Å². The molecule has 2 heteroatoms. The second kappa shape index (κ2) is 9.01. The zero-order valence-corrected chi connectivity index (χ0v) is 16.6. The van der Waals surface area contributed by atoms with Gasteiger partial charge in [-0.25, -0.2) is 0 Å². The average Bonchev–Trinajstić information content (AvgIpc) is 2.62. The van der Waals surface area contributed by atoms with Crippen LogP contribution in [0.2, 0.25) is 0 Å². The van der Waals surface area contributed by atoms with Gasteiger partial charge in [-0.05, 0) is 62.7 Å². The van der Waals surface area contributed by atoms with Crippen LogP contribution in [0.1, 0.15) is 70.9 Å². The fourth-order valence-corrected chi connectivity index (χ4v) is 4.52. The number of benzene rings is 1. The quantitative estimate of drug-likeness (QED) is 0.838. The molecule has 0 aromatic heterocycles. The largest absolute Gasteiger partial charge is 0.317 e. The highest BCUT2D eigenvalue weighted by Crippen LogP contribution is 2.34. The molecule has 24 heavy (non-hydrogen) atoms. The van der Waals surface area contributed by atoms with Crippen LogP contribution < -0.4 is 5.32 Å². The third kappa shape index (κ3) is 4.83. The zero-order valence-electron chi connectivity index (χ0n) is 16.6. The molecular weight excluding hydrogens is 292 g/mol. The monoisotopic (exact) mass is 330 g/mol. The Balaban J connectivity index is 0.00000100. The highest BCUT2D eigenvalue weighted by atomic mass is 15.1. The Labute approximate surface area is 150 Å². The minimum absolute atomic E-state index is 0.290. The summed E-state index contributed by atoms with van der Waals surface area (Å²) in [6.45, 7) is 12.4. The lowest BCUT2D eigenvalue weighted by Crippen LogP contribution is -2.43. The number of hydrogen-bond acceptors (Lipinski definition) is 2. The van der Waals surface area contributed by atoms with Gasteiger partial charge in [0.05, 0.1) is 0 Å². The normalized spacial score (nSPS) is 26.2. The molecule has 1 N–H and O–H groups in total. The minimum Gasteiger partial charge on any atom is -0.317 e. The first-order valence-electron chi connectivity index (χ1n) is 10.1. The molecule has 0 radical (unpaired) electrons. The number of rotatable bonds is 4. The third-order valence-corrected chi connectivity index (χ3v) is 5.87. The Kier molecular flexibility index (Phi) is 7.31. The Morgan fingerprint density at radius 1 is 1.08 bits per heavy atom. The average molecular weight is 331 g/mol. The van der Waals surface area contributed by atoms with Gasteiger partial charge in [0.25, 0.3) is 0 Å². The predicted octanol–water partition coefficient (Wildman–Crippen LogP) is 4.97. The van der Waals surface area contributed by atoms with Crippen LogP contribution in [0.3, 0.4) is 0 Å². The first-order valence-corrected chi connectivity index (χ1v) is 10.1. The Hall–Kier alpha value is -0.860. The fourth-order valence-electron chi connectivity index (χ4n) is 4.52. The maximum atomic E-state index is 3.44. The third-order valence-electron chi connectivity index (χ3n) is 5.87. The van der Waals surface area contributed by atoms with Gasteiger partial charge in [-0.3, -0.25) is 4.90 Å². The number of hydrogen-bond donors (Lipinski definition) is 1. The summed E-state index contributed by atoms with van der Waals surface area (Å²) in [5.41, 5.74) is 3.39. The molecule has 1 aromatic carbocycles. The van der Waals surface area contributed by atoms with E-state index < -0.39 is 0 Å². The topological polar surface area (TPSA) is 15.3 Å². The van der Waals surface area contributed by atoms with E-state index in [4.69, 9.17) is 0 Å². The van der Waals surface area contributed by atoms with Crippen molar-refractivity contribution in [2.24, 2.45) is 5.92 Å². The van der Waals surface area contributed by atoms with Crippen molar-refractivity contribution in [3.8, 4) is 0 Å². The molecule has 1 heterocycles. The molecule has 2 nitrogen and oxygen atoms in total. The van der Waals surface area contributed by atoms with Gasteiger partial charge in [0, 0.05) is 24.5 Å². The lowest BCUT2D eigenvalue weighted by atomic mass is 9.78. The minimum atomic E-state index is 0.290. The molecule has 3 rings (SSSR count). The van der Waals surface area contributed by atoms with Crippen LogP contribution in [0, 0.1) is 5.92 Å². The van der Waals surface area contributed by atoms with E-state index in [2.05, 4.69) is 55.4 Å². The molecule has 0 atom stereocenters. The van der Waals surface area contributed by atoms with Crippen molar-refractivity contribution in [3.05, 3.63) is 35.4 Å². The molecule has 1 fully saturated rings. The van der Waals surface area contributed by atoms with Gasteiger partial charge in [-0.15, -0.1) is 0 Å². The van der Waals surface area contributed by atoms with Gasteiger partial charge >= 0.3 is 0 Å². The second-order valence-corrected chi connectivity index (χ2v) is 8.05. The van der Waals surface area contributed by atoms with E-state index in [1.54, 1.807) is 5.56 Å². The van der Waals surface area contributed by atoms with Crippen LogP contribution in [-0.4, -0.2) is 31.1 Å². The van der Waals surface area contributed by atoms with Crippen LogP contribution in [0.4, 0.5) is 0 Å². The number of nitrogens with one attached hydrogen (secondary N) is 1. The van der Waals surface area contributed by atoms with Crippen molar-refractivity contribution in [1.29, 1.82) is 0 Å². The smallest absolute Gasteiger partial charge is 0.0237 e. The van der Waals surface area contributed by atoms with Gasteiger partial charge in [-0.1, -0.05) is 52.0 Å². The first-order chi connectivity index (χ1) is 11.6. The van der Waals surface area contributed by atoms with Crippen LogP contribution in [0.25, 0.3) is 0 Å². The van der Waals surface area contributed by atoms with Gasteiger partial charge < -0.3 is 5.32 Å². The predicted molar refractivity (Wildman–Crippen MR) is 106 cm³/mol. The molecule has 1 aliphatic heterocycles. The maximum Gasteiger partial charge on any atom is 0.0237 e. The molecule has 1 saturated carbocycles. The van der Waals surface area contributed by atoms with E-state index in [1.807, 2.05) is 13.8 Å². The molecule has 1 aromatic rings. The summed E-state index contributed by atoms with van der Waals surface area (Å²) in [5, 5.41) is 3.44. The van der Waals surface area contributed by atoms with Crippen LogP contribution in [-0.2, 0) is 12.0 Å². The van der Waals surface area contributed by atoms with Crippen LogP contribution in [0.5, 0.6) is 0 Å². The summed E-state index contributed by atoms with van der Waals surface area (Å²) >= 11 is 0. The van der Waals surface area contributed by atoms with E-state index in [-0.39, 0.29) is 0 Å². The molecule has 0 saturated heterocycles. The Morgan fingerprint density at radius 2 is 1.75 bits per heavy atom. The van der Waals surface area contributed by atoms with E-state index >= 15 is 0 Å². The summed E-state index contributed by atoms with van der Waals surface area (Å²) in [4.78, 5) is 2.69. The van der Waals surface area contributed by atoms with Gasteiger partial charge in [0.2, 0.25) is 0 Å². The molecule has 2 aliphatic rings.